The van der Waals surface area contributed by atoms with Gasteiger partial charge < -0.3 is 30.3 Å². The predicted molar refractivity (Wildman–Crippen MR) is 159 cm³/mol. The number of nitrogens with one attached hydrogen (secondary N) is 1. The third kappa shape index (κ3) is 5.94. The monoisotopic (exact) mass is 563 g/mol. The highest BCUT2D eigenvalue weighted by Crippen LogP contribution is 2.48. The van der Waals surface area contributed by atoms with Crippen LogP contribution in [0.2, 0.25) is 0 Å². The summed E-state index contributed by atoms with van der Waals surface area (Å²) in [6.45, 7) is 8.86. The van der Waals surface area contributed by atoms with E-state index in [1.165, 1.54) is 4.90 Å². The smallest absolute Gasteiger partial charge is 0.264 e. The zero-order chi connectivity index (χ0) is 29.6. The fourth-order valence-electron chi connectivity index (χ4n) is 5.62. The van der Waals surface area contributed by atoms with Crippen molar-refractivity contribution in [3.8, 4) is 5.75 Å². The first kappa shape index (κ1) is 30.5. The number of carbonyl (C=O) groups is 2. The molecule has 0 spiro atoms. The standard InChI is InChI=1S/C32H41N3O6/c1-4-16-34-29-13-11-24(21-26(29)32(40,31(34)39)22(3)10-6-8-17-36)35-28-14-12-25(41-5-2)19-23(28)20-27(30(35)38)33-15-7-9-18-37/h4,6,10-14,19,21-22,27,33,36-37,40H,1,5,7-9,15-18,20H2,2-3H3/b10-6+/t22-,27?,32+/m0/s1. The van der Waals surface area contributed by atoms with E-state index in [0.29, 0.717) is 49.4 Å². The largest absolute Gasteiger partial charge is 0.494 e. The van der Waals surface area contributed by atoms with E-state index in [2.05, 4.69) is 11.9 Å². The average molecular weight is 564 g/mol. The highest BCUT2D eigenvalue weighted by molar-refractivity contribution is 6.10. The van der Waals surface area contributed by atoms with Gasteiger partial charge in [0.2, 0.25) is 5.91 Å². The first-order valence-corrected chi connectivity index (χ1v) is 14.3. The molecule has 2 aliphatic heterocycles. The van der Waals surface area contributed by atoms with E-state index < -0.39 is 23.5 Å². The molecule has 2 aromatic rings. The van der Waals surface area contributed by atoms with Crippen molar-refractivity contribution in [2.75, 3.05) is 42.7 Å². The van der Waals surface area contributed by atoms with E-state index in [9.17, 15) is 19.8 Å². The number of hydrogen-bond acceptors (Lipinski definition) is 7. The summed E-state index contributed by atoms with van der Waals surface area (Å²) in [6, 6.07) is 10.5. The van der Waals surface area contributed by atoms with Gasteiger partial charge in [0.1, 0.15) is 5.75 Å². The van der Waals surface area contributed by atoms with Crippen molar-refractivity contribution in [3.63, 3.8) is 0 Å². The molecule has 4 rings (SSSR count). The molecule has 0 aliphatic carbocycles. The molecule has 220 valence electrons. The molecule has 0 fully saturated rings. The van der Waals surface area contributed by atoms with Crippen LogP contribution in [0.25, 0.3) is 0 Å². The van der Waals surface area contributed by atoms with Crippen LogP contribution in [0.1, 0.15) is 44.2 Å². The van der Waals surface area contributed by atoms with Gasteiger partial charge in [-0.25, -0.2) is 0 Å². The van der Waals surface area contributed by atoms with Crippen molar-refractivity contribution >= 4 is 28.9 Å². The van der Waals surface area contributed by atoms with Crippen LogP contribution in [0, 0.1) is 5.92 Å². The fourth-order valence-corrected chi connectivity index (χ4v) is 5.62. The fraction of sp³-hybridized carbons (Fsp3) is 0.438. The highest BCUT2D eigenvalue weighted by Gasteiger charge is 2.52. The molecule has 0 saturated carbocycles. The maximum absolute atomic E-state index is 14.0. The maximum Gasteiger partial charge on any atom is 0.264 e. The Labute approximate surface area is 241 Å². The second kappa shape index (κ2) is 13.4. The topological polar surface area (TPSA) is 123 Å². The number of benzene rings is 2. The molecule has 2 amide bonds. The lowest BCUT2D eigenvalue weighted by atomic mass is 9.82. The van der Waals surface area contributed by atoms with Crippen LogP contribution in [0.3, 0.4) is 0 Å². The highest BCUT2D eigenvalue weighted by atomic mass is 16.5. The molecule has 9 heteroatoms. The van der Waals surface area contributed by atoms with E-state index in [1.54, 1.807) is 48.3 Å². The first-order valence-electron chi connectivity index (χ1n) is 14.3. The first-order chi connectivity index (χ1) is 19.8. The third-order valence-corrected chi connectivity index (χ3v) is 7.72. The Morgan fingerprint density at radius 1 is 1.15 bits per heavy atom. The lowest BCUT2D eigenvalue weighted by molar-refractivity contribution is -0.139. The Morgan fingerprint density at radius 3 is 2.63 bits per heavy atom. The molecular weight excluding hydrogens is 522 g/mol. The number of aliphatic hydroxyl groups excluding tert-OH is 2. The number of rotatable bonds is 14. The summed E-state index contributed by atoms with van der Waals surface area (Å²) in [6.07, 6.45) is 7.38. The Morgan fingerprint density at radius 2 is 1.93 bits per heavy atom. The van der Waals surface area contributed by atoms with Gasteiger partial charge >= 0.3 is 0 Å². The summed E-state index contributed by atoms with van der Waals surface area (Å²) in [4.78, 5) is 30.8. The van der Waals surface area contributed by atoms with Crippen LogP contribution in [-0.2, 0) is 21.6 Å². The number of ether oxygens (including phenoxy) is 1. The van der Waals surface area contributed by atoms with E-state index in [1.807, 2.05) is 25.1 Å². The number of hydrogen-bond donors (Lipinski definition) is 4. The molecule has 3 atom stereocenters. The Balaban J connectivity index is 1.80. The van der Waals surface area contributed by atoms with Gasteiger partial charge in [-0.1, -0.05) is 25.2 Å². The van der Waals surface area contributed by atoms with Crippen LogP contribution in [0.15, 0.2) is 61.2 Å². The lowest BCUT2D eigenvalue weighted by Gasteiger charge is -2.35. The normalized spacial score (nSPS) is 20.9. The van der Waals surface area contributed by atoms with Crippen molar-refractivity contribution in [1.82, 2.24) is 5.32 Å². The number of unbranched alkanes of at least 4 members (excludes halogenated alkanes) is 1. The molecule has 41 heavy (non-hydrogen) atoms. The van der Waals surface area contributed by atoms with E-state index in [-0.39, 0.29) is 25.7 Å². The van der Waals surface area contributed by atoms with Crippen LogP contribution in [0.4, 0.5) is 17.1 Å². The van der Waals surface area contributed by atoms with Gasteiger partial charge in [-0.3, -0.25) is 14.5 Å². The van der Waals surface area contributed by atoms with Crippen molar-refractivity contribution in [3.05, 3.63) is 72.3 Å². The van der Waals surface area contributed by atoms with Crippen LogP contribution >= 0.6 is 0 Å². The molecule has 0 saturated heterocycles. The van der Waals surface area contributed by atoms with Crippen molar-refractivity contribution in [1.29, 1.82) is 0 Å². The van der Waals surface area contributed by atoms with Crippen LogP contribution < -0.4 is 19.9 Å². The van der Waals surface area contributed by atoms with Crippen LogP contribution in [-0.4, -0.2) is 66.1 Å². The second-order valence-electron chi connectivity index (χ2n) is 10.4. The minimum absolute atomic E-state index is 0.0321. The Bertz CT molecular complexity index is 1290. The second-order valence-corrected chi connectivity index (χ2v) is 10.4. The average Bonchev–Trinajstić information content (AvgIpc) is 3.18. The molecule has 0 aromatic heterocycles. The summed E-state index contributed by atoms with van der Waals surface area (Å²) in [5.41, 5.74) is 1.33. The number of nitrogens with zero attached hydrogens (tertiary/aromatic N) is 2. The van der Waals surface area contributed by atoms with Crippen molar-refractivity contribution in [2.24, 2.45) is 5.92 Å². The molecule has 0 bridgehead atoms. The van der Waals surface area contributed by atoms with Crippen molar-refractivity contribution in [2.45, 2.75) is 51.2 Å². The number of amides is 2. The summed E-state index contributed by atoms with van der Waals surface area (Å²) in [5, 5.41) is 33.7. The van der Waals surface area contributed by atoms with Crippen LogP contribution in [0.5, 0.6) is 5.75 Å². The minimum atomic E-state index is -1.86. The lowest BCUT2D eigenvalue weighted by Crippen LogP contribution is -2.49. The van der Waals surface area contributed by atoms with Gasteiger partial charge in [0.05, 0.1) is 24.0 Å². The third-order valence-electron chi connectivity index (χ3n) is 7.72. The molecule has 2 aliphatic rings. The van der Waals surface area contributed by atoms with Gasteiger partial charge in [-0.15, -0.1) is 6.58 Å². The van der Waals surface area contributed by atoms with Gasteiger partial charge in [-0.05, 0) is 81.1 Å². The maximum atomic E-state index is 14.0. The van der Waals surface area contributed by atoms with Gasteiger partial charge in [-0.2, -0.15) is 0 Å². The molecule has 2 heterocycles. The summed E-state index contributed by atoms with van der Waals surface area (Å²) >= 11 is 0. The molecule has 2 aromatic carbocycles. The number of fused-ring (bicyclic) bond motifs is 2. The summed E-state index contributed by atoms with van der Waals surface area (Å²) < 4.78 is 5.73. The number of carbonyl (C=O) groups excluding carboxylic acids is 2. The minimum Gasteiger partial charge on any atom is -0.494 e. The van der Waals surface area contributed by atoms with Gasteiger partial charge in [0.25, 0.3) is 5.91 Å². The Hall–Kier alpha value is -3.50. The molecular formula is C32H41N3O6. The molecule has 4 N–H and O–H groups in total. The summed E-state index contributed by atoms with van der Waals surface area (Å²) in [7, 11) is 0. The van der Waals surface area contributed by atoms with Crippen molar-refractivity contribution < 1.29 is 29.6 Å². The number of anilines is 3. The molecule has 0 radical (unpaired) electrons. The zero-order valence-corrected chi connectivity index (χ0v) is 23.9. The van der Waals surface area contributed by atoms with E-state index in [4.69, 9.17) is 9.84 Å². The van der Waals surface area contributed by atoms with E-state index in [0.717, 1.165) is 23.4 Å². The summed E-state index contributed by atoms with van der Waals surface area (Å²) in [5.74, 6) is -0.473. The van der Waals surface area contributed by atoms with E-state index >= 15 is 0 Å². The number of aliphatic hydroxyl groups is 3. The zero-order valence-electron chi connectivity index (χ0n) is 23.9. The Kier molecular flexibility index (Phi) is 9.99. The van der Waals surface area contributed by atoms with Gasteiger partial charge in [0.15, 0.2) is 5.60 Å². The molecule has 1 unspecified atom stereocenters. The quantitative estimate of drug-likeness (QED) is 0.205. The SMILES string of the molecule is C=CCN1C(=O)[C@@](O)([C@@H](C)/C=C/CCO)c2cc(N3C(=O)C(NCCCCO)Cc4cc(OCC)ccc43)ccc21. The van der Waals surface area contributed by atoms with Gasteiger partial charge in [0, 0.05) is 36.9 Å². The molecule has 9 nitrogen and oxygen atoms in total. The predicted octanol–water partition coefficient (Wildman–Crippen LogP) is 3.33.